The Morgan fingerprint density at radius 2 is 1.95 bits per heavy atom. The number of hydrogen-bond acceptors (Lipinski definition) is 3. The van der Waals surface area contributed by atoms with Gasteiger partial charge in [0.2, 0.25) is 0 Å². The van der Waals surface area contributed by atoms with Gasteiger partial charge in [0.1, 0.15) is 5.75 Å². The molecule has 0 unspecified atom stereocenters. The van der Waals surface area contributed by atoms with Crippen LogP contribution in [0.5, 0.6) is 5.75 Å². The number of nitrogens with zero attached hydrogens (tertiary/aromatic N) is 1. The van der Waals surface area contributed by atoms with E-state index in [0.717, 1.165) is 29.3 Å². The zero-order chi connectivity index (χ0) is 13.8. The maximum atomic E-state index is 10.0. The molecule has 3 heteroatoms. The number of hydrogen-bond donors (Lipinski definition) is 1. The first-order chi connectivity index (χ1) is 9.84. The molecule has 3 aromatic rings. The minimum atomic E-state index is 0.281. The largest absolute Gasteiger partial charge is 0.507 e. The van der Waals surface area contributed by atoms with Crippen LogP contribution in [-0.4, -0.2) is 17.9 Å². The first-order valence-corrected chi connectivity index (χ1v) is 7.45. The van der Waals surface area contributed by atoms with Crippen molar-refractivity contribution in [2.75, 3.05) is 6.54 Å². The minimum Gasteiger partial charge on any atom is -0.507 e. The van der Waals surface area contributed by atoms with Gasteiger partial charge in [-0.25, -0.2) is 0 Å². The lowest BCUT2D eigenvalue weighted by Crippen LogP contribution is -1.90. The van der Waals surface area contributed by atoms with Crippen molar-refractivity contribution in [2.24, 2.45) is 4.99 Å². The van der Waals surface area contributed by atoms with Crippen molar-refractivity contribution in [3.8, 4) is 5.75 Å². The van der Waals surface area contributed by atoms with Crippen molar-refractivity contribution >= 4 is 28.3 Å². The lowest BCUT2D eigenvalue weighted by molar-refractivity contribution is 0.475. The summed E-state index contributed by atoms with van der Waals surface area (Å²) in [6, 6.07) is 15.8. The smallest absolute Gasteiger partial charge is 0.124 e. The van der Waals surface area contributed by atoms with Crippen LogP contribution in [0.4, 0.5) is 0 Å². The van der Waals surface area contributed by atoms with Crippen molar-refractivity contribution in [1.82, 2.24) is 0 Å². The van der Waals surface area contributed by atoms with Crippen LogP contribution in [0.1, 0.15) is 10.4 Å². The predicted octanol–water partition coefficient (Wildman–Crippen LogP) is 4.27. The van der Waals surface area contributed by atoms with Gasteiger partial charge < -0.3 is 5.11 Å². The summed E-state index contributed by atoms with van der Waals surface area (Å²) in [6.45, 7) is 0.739. The maximum absolute atomic E-state index is 10.0. The van der Waals surface area contributed by atoms with Crippen molar-refractivity contribution in [3.63, 3.8) is 0 Å². The molecule has 0 saturated carbocycles. The summed E-state index contributed by atoms with van der Waals surface area (Å²) >= 11 is 1.75. The van der Waals surface area contributed by atoms with Crippen LogP contribution in [0.25, 0.3) is 10.8 Å². The zero-order valence-corrected chi connectivity index (χ0v) is 11.8. The van der Waals surface area contributed by atoms with Gasteiger partial charge in [0.15, 0.2) is 0 Å². The summed E-state index contributed by atoms with van der Waals surface area (Å²) in [5.74, 6) is 0.281. The first-order valence-electron chi connectivity index (χ1n) is 6.57. The second-order valence-corrected chi connectivity index (χ2v) is 5.62. The molecule has 0 fully saturated rings. The monoisotopic (exact) mass is 281 g/mol. The molecular formula is C17H15NOS. The van der Waals surface area contributed by atoms with Gasteiger partial charge in [0.25, 0.3) is 0 Å². The zero-order valence-electron chi connectivity index (χ0n) is 11.0. The molecule has 0 aliphatic carbocycles. The molecule has 0 bridgehead atoms. The second kappa shape index (κ2) is 5.88. The van der Waals surface area contributed by atoms with Gasteiger partial charge in [-0.1, -0.05) is 36.4 Å². The molecule has 1 heterocycles. The summed E-state index contributed by atoms with van der Waals surface area (Å²) < 4.78 is 0. The average Bonchev–Trinajstić information content (AvgIpc) is 2.98. The topological polar surface area (TPSA) is 32.6 Å². The average molecular weight is 281 g/mol. The molecule has 2 aromatic carbocycles. The van der Waals surface area contributed by atoms with Crippen molar-refractivity contribution in [2.45, 2.75) is 6.42 Å². The first kappa shape index (κ1) is 12.9. The Labute approximate surface area is 122 Å². The Morgan fingerprint density at radius 3 is 2.80 bits per heavy atom. The molecular weight excluding hydrogens is 266 g/mol. The van der Waals surface area contributed by atoms with Crippen molar-refractivity contribution in [3.05, 3.63) is 64.4 Å². The highest BCUT2D eigenvalue weighted by atomic mass is 32.1. The van der Waals surface area contributed by atoms with Gasteiger partial charge in [-0.05, 0) is 28.3 Å². The molecule has 0 aliphatic heterocycles. The van der Waals surface area contributed by atoms with Crippen molar-refractivity contribution in [1.29, 1.82) is 0 Å². The molecule has 1 N–H and O–H groups in total. The molecule has 0 amide bonds. The number of aliphatic imine (C=N–C) groups is 1. The number of thiophene rings is 1. The van der Waals surface area contributed by atoms with Gasteiger partial charge in [-0.2, -0.15) is 0 Å². The fraction of sp³-hybridized carbons (Fsp3) is 0.118. The molecule has 100 valence electrons. The molecule has 2 nitrogen and oxygen atoms in total. The lowest BCUT2D eigenvalue weighted by atomic mass is 10.0. The standard InChI is InChI=1S/C17H15NOS/c19-17-8-7-13-4-1-2-6-15(13)16(17)12-18-10-9-14-5-3-11-20-14/h1-8,11-12,19H,9-10H2. The van der Waals surface area contributed by atoms with E-state index in [1.165, 1.54) is 4.88 Å². The molecule has 0 saturated heterocycles. The second-order valence-electron chi connectivity index (χ2n) is 4.58. The van der Waals surface area contributed by atoms with E-state index >= 15 is 0 Å². The number of phenolic OH excluding ortho intramolecular Hbond substituents is 1. The Bertz CT molecular complexity index is 732. The van der Waals surface area contributed by atoms with E-state index < -0.39 is 0 Å². The lowest BCUT2D eigenvalue weighted by Gasteiger charge is -2.04. The Balaban J connectivity index is 1.81. The van der Waals surface area contributed by atoms with Gasteiger partial charge in [-0.3, -0.25) is 4.99 Å². The maximum Gasteiger partial charge on any atom is 0.124 e. The molecule has 20 heavy (non-hydrogen) atoms. The number of rotatable bonds is 4. The van der Waals surface area contributed by atoms with E-state index in [-0.39, 0.29) is 5.75 Å². The van der Waals surface area contributed by atoms with Crippen LogP contribution < -0.4 is 0 Å². The quantitative estimate of drug-likeness (QED) is 0.712. The van der Waals surface area contributed by atoms with Gasteiger partial charge >= 0.3 is 0 Å². The van der Waals surface area contributed by atoms with Gasteiger partial charge in [0.05, 0.1) is 0 Å². The highest BCUT2D eigenvalue weighted by molar-refractivity contribution is 7.09. The summed E-state index contributed by atoms with van der Waals surface area (Å²) in [4.78, 5) is 5.79. The third-order valence-corrected chi connectivity index (χ3v) is 4.17. The van der Waals surface area contributed by atoms with E-state index in [2.05, 4.69) is 22.5 Å². The molecule has 3 rings (SSSR count). The highest BCUT2D eigenvalue weighted by Crippen LogP contribution is 2.25. The number of benzene rings is 2. The summed E-state index contributed by atoms with van der Waals surface area (Å²) in [5, 5.41) is 14.2. The van der Waals surface area contributed by atoms with E-state index in [9.17, 15) is 5.11 Å². The minimum absolute atomic E-state index is 0.281. The van der Waals surface area contributed by atoms with E-state index in [1.807, 2.05) is 30.3 Å². The molecule has 0 aliphatic rings. The summed E-state index contributed by atoms with van der Waals surface area (Å²) in [5.41, 5.74) is 0.800. The SMILES string of the molecule is Oc1ccc2ccccc2c1C=NCCc1cccs1. The van der Waals surface area contributed by atoms with Crippen LogP contribution in [0.15, 0.2) is 58.9 Å². The highest BCUT2D eigenvalue weighted by Gasteiger charge is 2.03. The Morgan fingerprint density at radius 1 is 1.05 bits per heavy atom. The normalized spacial score (nSPS) is 11.4. The van der Waals surface area contributed by atoms with Crippen molar-refractivity contribution < 1.29 is 5.11 Å². The fourth-order valence-corrected chi connectivity index (χ4v) is 2.90. The van der Waals surface area contributed by atoms with E-state index in [0.29, 0.717) is 0 Å². The Hall–Kier alpha value is -2.13. The summed E-state index contributed by atoms with van der Waals surface area (Å²) in [6.07, 6.45) is 2.73. The van der Waals surface area contributed by atoms with Crippen LogP contribution in [0.2, 0.25) is 0 Å². The fourth-order valence-electron chi connectivity index (χ4n) is 2.21. The third-order valence-electron chi connectivity index (χ3n) is 3.24. The number of aromatic hydroxyl groups is 1. The molecule has 1 aromatic heterocycles. The number of phenols is 1. The molecule has 0 spiro atoms. The molecule has 0 atom stereocenters. The van der Waals surface area contributed by atoms with Gasteiger partial charge in [0, 0.05) is 29.6 Å². The Kier molecular flexibility index (Phi) is 3.79. The van der Waals surface area contributed by atoms with Gasteiger partial charge in [-0.15, -0.1) is 11.3 Å². The van der Waals surface area contributed by atoms with E-state index in [4.69, 9.17) is 0 Å². The van der Waals surface area contributed by atoms with E-state index in [1.54, 1.807) is 23.6 Å². The van der Waals surface area contributed by atoms with Crippen LogP contribution in [0.3, 0.4) is 0 Å². The summed E-state index contributed by atoms with van der Waals surface area (Å²) in [7, 11) is 0. The van der Waals surface area contributed by atoms with Crippen LogP contribution >= 0.6 is 11.3 Å². The predicted molar refractivity (Wildman–Crippen MR) is 86.1 cm³/mol. The number of fused-ring (bicyclic) bond motifs is 1. The van der Waals surface area contributed by atoms with Crippen LogP contribution in [-0.2, 0) is 6.42 Å². The third kappa shape index (κ3) is 2.73. The molecule has 0 radical (unpaired) electrons. The van der Waals surface area contributed by atoms with Crippen LogP contribution in [0, 0.1) is 0 Å².